The third kappa shape index (κ3) is 5.82. The first-order chi connectivity index (χ1) is 8.06. The van der Waals surface area contributed by atoms with Crippen LogP contribution in [-0.4, -0.2) is 62.0 Å². The van der Waals surface area contributed by atoms with Crippen molar-refractivity contribution in [3.63, 3.8) is 0 Å². The molecule has 1 fully saturated rings. The topological polar surface area (TPSA) is 44.7 Å². The zero-order chi connectivity index (χ0) is 12.7. The average Bonchev–Trinajstić information content (AvgIpc) is 2.26. The molecule has 0 spiro atoms. The maximum atomic E-state index is 10.4. The molecule has 102 valence electrons. The third-order valence-corrected chi connectivity index (χ3v) is 3.35. The van der Waals surface area contributed by atoms with Crippen molar-refractivity contribution in [2.24, 2.45) is 5.92 Å². The normalized spacial score (nSPS) is 21.7. The van der Waals surface area contributed by atoms with E-state index in [1.807, 2.05) is 0 Å². The molecule has 0 amide bonds. The van der Waals surface area contributed by atoms with Gasteiger partial charge in [-0.05, 0) is 26.1 Å². The summed E-state index contributed by atoms with van der Waals surface area (Å²) in [6.07, 6.45) is 1.53. The number of hydrogen-bond acceptors (Lipinski definition) is 4. The Balaban J connectivity index is 2.25. The van der Waals surface area contributed by atoms with Crippen molar-refractivity contribution >= 4 is 0 Å². The first-order valence-electron chi connectivity index (χ1n) is 6.75. The smallest absolute Gasteiger partial charge is 0.0817 e. The van der Waals surface area contributed by atoms with Crippen molar-refractivity contribution in [3.8, 4) is 0 Å². The molecule has 0 aromatic heterocycles. The minimum atomic E-state index is -0.537. The molecule has 1 rings (SSSR count). The summed E-state index contributed by atoms with van der Waals surface area (Å²) in [7, 11) is 2.09. The van der Waals surface area contributed by atoms with Crippen molar-refractivity contribution in [2.45, 2.75) is 32.3 Å². The Bertz CT molecular complexity index is 206. The van der Waals surface area contributed by atoms with E-state index >= 15 is 0 Å². The van der Waals surface area contributed by atoms with Gasteiger partial charge in [0.2, 0.25) is 0 Å². The minimum absolute atomic E-state index is 0.537. The Kier molecular flexibility index (Phi) is 6.41. The number of nitrogens with zero attached hydrogens (tertiary/aromatic N) is 1. The van der Waals surface area contributed by atoms with Gasteiger partial charge in [-0.1, -0.05) is 13.8 Å². The van der Waals surface area contributed by atoms with E-state index in [4.69, 9.17) is 4.74 Å². The minimum Gasteiger partial charge on any atom is -0.388 e. The van der Waals surface area contributed by atoms with Gasteiger partial charge in [0, 0.05) is 39.1 Å². The zero-order valence-electron chi connectivity index (χ0n) is 11.5. The molecular weight excluding hydrogens is 216 g/mol. The molecule has 0 aliphatic carbocycles. The van der Waals surface area contributed by atoms with Crippen LogP contribution in [0.2, 0.25) is 0 Å². The van der Waals surface area contributed by atoms with Gasteiger partial charge in [-0.2, -0.15) is 0 Å². The second-order valence-electron chi connectivity index (χ2n) is 5.45. The summed E-state index contributed by atoms with van der Waals surface area (Å²) in [5, 5.41) is 13.8. The summed E-state index contributed by atoms with van der Waals surface area (Å²) in [6.45, 7) is 9.60. The standard InChI is InChI=1S/C13H28N2O2/c1-4-14-9-12(2)10-15(3)11-13(16)5-7-17-8-6-13/h12,14,16H,4-11H2,1-3H3. The maximum absolute atomic E-state index is 10.4. The Morgan fingerprint density at radius 3 is 2.65 bits per heavy atom. The van der Waals surface area contributed by atoms with Crippen molar-refractivity contribution in [1.29, 1.82) is 0 Å². The molecule has 1 unspecified atom stereocenters. The molecule has 0 saturated carbocycles. The monoisotopic (exact) mass is 244 g/mol. The number of likely N-dealkylation sites (N-methyl/N-ethyl adjacent to an activating group) is 1. The Morgan fingerprint density at radius 2 is 2.06 bits per heavy atom. The number of aliphatic hydroxyl groups is 1. The van der Waals surface area contributed by atoms with Gasteiger partial charge in [0.05, 0.1) is 5.60 Å². The maximum Gasteiger partial charge on any atom is 0.0817 e. The lowest BCUT2D eigenvalue weighted by Gasteiger charge is -2.36. The molecule has 1 heterocycles. The molecule has 0 aromatic carbocycles. The SMILES string of the molecule is CCNCC(C)CN(C)CC1(O)CCOCC1. The summed E-state index contributed by atoms with van der Waals surface area (Å²) >= 11 is 0. The van der Waals surface area contributed by atoms with Crippen LogP contribution in [0.5, 0.6) is 0 Å². The summed E-state index contributed by atoms with van der Waals surface area (Å²) in [5.74, 6) is 0.614. The second-order valence-corrected chi connectivity index (χ2v) is 5.45. The van der Waals surface area contributed by atoms with Crippen molar-refractivity contribution in [2.75, 3.05) is 46.4 Å². The Hall–Kier alpha value is -0.160. The predicted octanol–water partition coefficient (Wildman–Crippen LogP) is 0.705. The summed E-state index contributed by atoms with van der Waals surface area (Å²) in [6, 6.07) is 0. The van der Waals surface area contributed by atoms with E-state index in [0.29, 0.717) is 19.1 Å². The van der Waals surface area contributed by atoms with Gasteiger partial charge in [-0.3, -0.25) is 0 Å². The van der Waals surface area contributed by atoms with E-state index in [2.05, 4.69) is 31.1 Å². The third-order valence-electron chi connectivity index (χ3n) is 3.35. The molecule has 2 N–H and O–H groups in total. The molecule has 1 saturated heterocycles. The van der Waals surface area contributed by atoms with E-state index < -0.39 is 5.60 Å². The fraction of sp³-hybridized carbons (Fsp3) is 1.00. The van der Waals surface area contributed by atoms with Crippen LogP contribution in [-0.2, 0) is 4.74 Å². The van der Waals surface area contributed by atoms with Crippen LogP contribution in [0.15, 0.2) is 0 Å². The molecule has 17 heavy (non-hydrogen) atoms. The summed E-state index contributed by atoms with van der Waals surface area (Å²) in [4.78, 5) is 2.24. The largest absolute Gasteiger partial charge is 0.388 e. The molecule has 1 aliphatic heterocycles. The van der Waals surface area contributed by atoms with Gasteiger partial charge < -0.3 is 20.1 Å². The first-order valence-corrected chi connectivity index (χ1v) is 6.75. The highest BCUT2D eigenvalue weighted by atomic mass is 16.5. The summed E-state index contributed by atoms with van der Waals surface area (Å²) in [5.41, 5.74) is -0.537. The van der Waals surface area contributed by atoms with Gasteiger partial charge in [-0.25, -0.2) is 0 Å². The average molecular weight is 244 g/mol. The van der Waals surface area contributed by atoms with Gasteiger partial charge >= 0.3 is 0 Å². The molecule has 0 bridgehead atoms. The highest BCUT2D eigenvalue weighted by molar-refractivity contribution is 4.84. The molecule has 4 heteroatoms. The lowest BCUT2D eigenvalue weighted by atomic mass is 9.93. The zero-order valence-corrected chi connectivity index (χ0v) is 11.5. The molecule has 0 aromatic rings. The fourth-order valence-corrected chi connectivity index (χ4v) is 2.46. The van der Waals surface area contributed by atoms with Crippen LogP contribution in [0.1, 0.15) is 26.7 Å². The number of hydrogen-bond donors (Lipinski definition) is 2. The van der Waals surface area contributed by atoms with Gasteiger partial charge in [0.1, 0.15) is 0 Å². The lowest BCUT2D eigenvalue weighted by molar-refractivity contribution is -0.0778. The second kappa shape index (κ2) is 7.31. The molecule has 0 radical (unpaired) electrons. The quantitative estimate of drug-likeness (QED) is 0.692. The van der Waals surface area contributed by atoms with E-state index in [1.54, 1.807) is 0 Å². The van der Waals surface area contributed by atoms with Crippen molar-refractivity contribution < 1.29 is 9.84 Å². The first kappa shape index (κ1) is 14.9. The van der Waals surface area contributed by atoms with Crippen LogP contribution in [0.4, 0.5) is 0 Å². The van der Waals surface area contributed by atoms with E-state index in [1.165, 1.54) is 0 Å². The Morgan fingerprint density at radius 1 is 1.41 bits per heavy atom. The highest BCUT2D eigenvalue weighted by Gasteiger charge is 2.31. The van der Waals surface area contributed by atoms with Crippen LogP contribution >= 0.6 is 0 Å². The predicted molar refractivity (Wildman–Crippen MR) is 70.2 cm³/mol. The van der Waals surface area contributed by atoms with E-state index in [0.717, 1.165) is 39.0 Å². The van der Waals surface area contributed by atoms with Crippen LogP contribution in [0, 0.1) is 5.92 Å². The highest BCUT2D eigenvalue weighted by Crippen LogP contribution is 2.21. The van der Waals surface area contributed by atoms with E-state index in [9.17, 15) is 5.11 Å². The Labute approximate surface area is 105 Å². The van der Waals surface area contributed by atoms with Gasteiger partial charge in [-0.15, -0.1) is 0 Å². The lowest BCUT2D eigenvalue weighted by Crippen LogP contribution is -2.47. The van der Waals surface area contributed by atoms with Gasteiger partial charge in [0.25, 0.3) is 0 Å². The summed E-state index contributed by atoms with van der Waals surface area (Å²) < 4.78 is 5.29. The molecule has 4 nitrogen and oxygen atoms in total. The van der Waals surface area contributed by atoms with Gasteiger partial charge in [0.15, 0.2) is 0 Å². The van der Waals surface area contributed by atoms with Crippen molar-refractivity contribution in [1.82, 2.24) is 10.2 Å². The fourth-order valence-electron chi connectivity index (χ4n) is 2.46. The van der Waals surface area contributed by atoms with Crippen LogP contribution in [0.25, 0.3) is 0 Å². The number of rotatable bonds is 7. The molecular formula is C13H28N2O2. The van der Waals surface area contributed by atoms with E-state index in [-0.39, 0.29) is 0 Å². The number of nitrogens with one attached hydrogen (secondary N) is 1. The van der Waals surface area contributed by atoms with Crippen LogP contribution < -0.4 is 5.32 Å². The molecule has 1 atom stereocenters. The number of ether oxygens (including phenoxy) is 1. The van der Waals surface area contributed by atoms with Crippen molar-refractivity contribution in [3.05, 3.63) is 0 Å². The van der Waals surface area contributed by atoms with Crippen LogP contribution in [0.3, 0.4) is 0 Å². The molecule has 1 aliphatic rings.